The molecule has 0 spiro atoms. The number of pyridine rings is 1. The summed E-state index contributed by atoms with van der Waals surface area (Å²) in [6.07, 6.45) is 7.79. The van der Waals surface area contributed by atoms with E-state index in [2.05, 4.69) is 85.8 Å². The third-order valence-corrected chi connectivity index (χ3v) is 4.63. The van der Waals surface area contributed by atoms with Crippen molar-refractivity contribution < 1.29 is 0 Å². The number of hydrogen-bond acceptors (Lipinski definition) is 2. The quantitative estimate of drug-likeness (QED) is 0.640. The molecule has 1 heterocycles. The third-order valence-electron chi connectivity index (χ3n) is 4.63. The van der Waals surface area contributed by atoms with E-state index in [4.69, 9.17) is 4.98 Å². The Balaban J connectivity index is 1.76. The van der Waals surface area contributed by atoms with Crippen LogP contribution in [0.5, 0.6) is 0 Å². The predicted octanol–water partition coefficient (Wildman–Crippen LogP) is 4.66. The van der Waals surface area contributed by atoms with Crippen molar-refractivity contribution in [1.29, 1.82) is 0 Å². The summed E-state index contributed by atoms with van der Waals surface area (Å²) in [5, 5.41) is 3.75. The number of rotatable bonds is 2. The first kappa shape index (κ1) is 14.2. The molecule has 0 bridgehead atoms. The van der Waals surface area contributed by atoms with Crippen LogP contribution in [0.25, 0.3) is 27.2 Å². The summed E-state index contributed by atoms with van der Waals surface area (Å²) in [5.74, 6) is 0. The monoisotopic (exact) mass is 300 g/mol. The second-order valence-electron chi connectivity index (χ2n) is 6.34. The fourth-order valence-electron chi connectivity index (χ4n) is 3.23. The minimum Gasteiger partial charge on any atom is -0.303 e. The van der Waals surface area contributed by atoms with Gasteiger partial charge < -0.3 is 4.90 Å². The van der Waals surface area contributed by atoms with Gasteiger partial charge in [0.05, 0.1) is 11.2 Å². The minimum absolute atomic E-state index is 0.489. The lowest BCUT2D eigenvalue weighted by atomic mass is 9.98. The fourth-order valence-corrected chi connectivity index (χ4v) is 3.23. The van der Waals surface area contributed by atoms with Gasteiger partial charge in [-0.05, 0) is 49.0 Å². The van der Waals surface area contributed by atoms with Crippen LogP contribution in [0.1, 0.15) is 12.1 Å². The fraction of sp³-hybridized carbons (Fsp3) is 0.190. The summed E-state index contributed by atoms with van der Waals surface area (Å²) >= 11 is 0. The van der Waals surface area contributed by atoms with Gasteiger partial charge in [-0.25, -0.2) is 4.98 Å². The van der Waals surface area contributed by atoms with E-state index >= 15 is 0 Å². The number of nitrogens with zero attached hydrogens (tertiary/aromatic N) is 2. The molecule has 1 aliphatic carbocycles. The highest BCUT2D eigenvalue weighted by Gasteiger charge is 2.12. The van der Waals surface area contributed by atoms with Gasteiger partial charge in [0, 0.05) is 11.4 Å². The van der Waals surface area contributed by atoms with Crippen LogP contribution in [-0.4, -0.2) is 30.0 Å². The molecule has 0 fully saturated rings. The van der Waals surface area contributed by atoms with Gasteiger partial charge in [0.15, 0.2) is 0 Å². The Hall–Kier alpha value is -2.45. The van der Waals surface area contributed by atoms with Crippen molar-refractivity contribution in [3.8, 4) is 0 Å². The third kappa shape index (κ3) is 2.55. The van der Waals surface area contributed by atoms with Gasteiger partial charge in [0.1, 0.15) is 0 Å². The van der Waals surface area contributed by atoms with Crippen molar-refractivity contribution in [2.75, 3.05) is 14.1 Å². The summed E-state index contributed by atoms with van der Waals surface area (Å²) in [5.41, 5.74) is 3.34. The molecule has 1 aromatic heterocycles. The summed E-state index contributed by atoms with van der Waals surface area (Å²) in [6.45, 7) is 0. The van der Waals surface area contributed by atoms with E-state index in [0.717, 1.165) is 17.6 Å². The lowest BCUT2D eigenvalue weighted by Crippen LogP contribution is -2.26. The van der Waals surface area contributed by atoms with Gasteiger partial charge in [0.2, 0.25) is 0 Å². The maximum absolute atomic E-state index is 4.89. The zero-order valence-electron chi connectivity index (χ0n) is 13.5. The minimum atomic E-state index is 0.489. The maximum Gasteiger partial charge on any atom is 0.0715 e. The number of aromatic nitrogens is 1. The topological polar surface area (TPSA) is 16.1 Å². The van der Waals surface area contributed by atoms with Crippen molar-refractivity contribution in [3.63, 3.8) is 0 Å². The molecule has 0 aliphatic heterocycles. The molecule has 0 saturated heterocycles. The van der Waals surface area contributed by atoms with Gasteiger partial charge in [0.25, 0.3) is 0 Å². The average Bonchev–Trinajstić information content (AvgIpc) is 2.61. The second kappa shape index (κ2) is 5.64. The zero-order chi connectivity index (χ0) is 15.8. The Kier molecular flexibility index (Phi) is 3.47. The molecule has 3 aromatic rings. The van der Waals surface area contributed by atoms with Crippen molar-refractivity contribution in [2.24, 2.45) is 0 Å². The van der Waals surface area contributed by atoms with E-state index in [-0.39, 0.29) is 0 Å². The molecule has 2 heteroatoms. The molecule has 23 heavy (non-hydrogen) atoms. The Bertz CT molecular complexity index is 935. The molecule has 0 amide bonds. The van der Waals surface area contributed by atoms with Crippen molar-refractivity contribution in [2.45, 2.75) is 12.5 Å². The van der Waals surface area contributed by atoms with Crippen LogP contribution in [0.15, 0.2) is 66.8 Å². The van der Waals surface area contributed by atoms with Crippen molar-refractivity contribution in [1.82, 2.24) is 9.88 Å². The second-order valence-corrected chi connectivity index (χ2v) is 6.34. The SMILES string of the molecule is CN(C)C1C=CC(c2ccc3c(ccc4ccccc43)n2)=CC1. The average molecular weight is 300 g/mol. The lowest BCUT2D eigenvalue weighted by molar-refractivity contribution is 0.344. The Morgan fingerprint density at radius 1 is 0.957 bits per heavy atom. The van der Waals surface area contributed by atoms with Crippen molar-refractivity contribution in [3.05, 3.63) is 72.5 Å². The molecule has 2 nitrogen and oxygen atoms in total. The first-order valence-corrected chi connectivity index (χ1v) is 8.06. The predicted molar refractivity (Wildman–Crippen MR) is 98.5 cm³/mol. The zero-order valence-corrected chi connectivity index (χ0v) is 13.5. The maximum atomic E-state index is 4.89. The van der Waals surface area contributed by atoms with Crippen LogP contribution in [0.2, 0.25) is 0 Å². The highest BCUT2D eigenvalue weighted by molar-refractivity contribution is 6.06. The molecule has 0 saturated carbocycles. The molecule has 1 aliphatic rings. The number of likely N-dealkylation sites (N-methyl/N-ethyl adjacent to an activating group) is 1. The number of benzene rings is 2. The van der Waals surface area contributed by atoms with Gasteiger partial charge >= 0.3 is 0 Å². The molecule has 0 N–H and O–H groups in total. The molecule has 1 atom stereocenters. The number of hydrogen-bond donors (Lipinski definition) is 0. The summed E-state index contributed by atoms with van der Waals surface area (Å²) in [4.78, 5) is 7.13. The number of allylic oxidation sites excluding steroid dienone is 2. The van der Waals surface area contributed by atoms with Crippen molar-refractivity contribution >= 4 is 27.2 Å². The van der Waals surface area contributed by atoms with Crippen LogP contribution in [0, 0.1) is 0 Å². The summed E-state index contributed by atoms with van der Waals surface area (Å²) < 4.78 is 0. The van der Waals surface area contributed by atoms with E-state index in [9.17, 15) is 0 Å². The Labute approximate surface area is 136 Å². The normalized spacial score (nSPS) is 17.9. The van der Waals surface area contributed by atoms with Crippen LogP contribution in [-0.2, 0) is 0 Å². The van der Waals surface area contributed by atoms with Gasteiger partial charge in [-0.3, -0.25) is 0 Å². The van der Waals surface area contributed by atoms with E-state index in [1.165, 1.54) is 21.7 Å². The van der Waals surface area contributed by atoms with Crippen LogP contribution < -0.4 is 0 Å². The highest BCUT2D eigenvalue weighted by atomic mass is 15.1. The summed E-state index contributed by atoms with van der Waals surface area (Å²) in [6, 6.07) is 17.6. The van der Waals surface area contributed by atoms with Crippen LogP contribution in [0.4, 0.5) is 0 Å². The van der Waals surface area contributed by atoms with Crippen LogP contribution in [0.3, 0.4) is 0 Å². The van der Waals surface area contributed by atoms with Gasteiger partial charge in [-0.1, -0.05) is 54.6 Å². The molecule has 2 aromatic carbocycles. The van der Waals surface area contributed by atoms with E-state index < -0.39 is 0 Å². The van der Waals surface area contributed by atoms with E-state index in [0.29, 0.717) is 6.04 Å². The first-order chi connectivity index (χ1) is 11.2. The van der Waals surface area contributed by atoms with Crippen LogP contribution >= 0.6 is 0 Å². The Morgan fingerprint density at radius 3 is 2.61 bits per heavy atom. The highest BCUT2D eigenvalue weighted by Crippen LogP contribution is 2.27. The Morgan fingerprint density at radius 2 is 1.83 bits per heavy atom. The number of fused-ring (bicyclic) bond motifs is 3. The first-order valence-electron chi connectivity index (χ1n) is 8.06. The standard InChI is InChI=1S/C21H20N2/c1-23(2)17-10-7-16(8-11-17)20-14-12-19-18-6-4-3-5-15(18)9-13-21(19)22-20/h3-10,12-14,17H,11H2,1-2H3. The molecule has 1 unspecified atom stereocenters. The molecular weight excluding hydrogens is 280 g/mol. The summed E-state index contributed by atoms with van der Waals surface area (Å²) in [7, 11) is 4.24. The smallest absolute Gasteiger partial charge is 0.0715 e. The lowest BCUT2D eigenvalue weighted by Gasteiger charge is -2.22. The molecule has 0 radical (unpaired) electrons. The van der Waals surface area contributed by atoms with E-state index in [1.807, 2.05) is 0 Å². The molecule has 114 valence electrons. The van der Waals surface area contributed by atoms with Gasteiger partial charge in [-0.15, -0.1) is 0 Å². The van der Waals surface area contributed by atoms with E-state index in [1.54, 1.807) is 0 Å². The molecular formula is C21H20N2. The molecule has 4 rings (SSSR count). The van der Waals surface area contributed by atoms with Gasteiger partial charge in [-0.2, -0.15) is 0 Å². The largest absolute Gasteiger partial charge is 0.303 e.